The third-order valence-corrected chi connectivity index (χ3v) is 3.34. The molecule has 0 bridgehead atoms. The van der Waals surface area contributed by atoms with Gasteiger partial charge in [-0.3, -0.25) is 4.98 Å². The number of esters is 2. The molecule has 0 aliphatic heterocycles. The highest BCUT2D eigenvalue weighted by Crippen LogP contribution is 2.23. The van der Waals surface area contributed by atoms with Crippen molar-refractivity contribution in [1.82, 2.24) is 4.98 Å². The number of hydrogen-bond donors (Lipinski definition) is 0. The molecule has 0 amide bonds. The fraction of sp³-hybridized carbons (Fsp3) is 0.278. The lowest BCUT2D eigenvalue weighted by Crippen LogP contribution is -2.21. The van der Waals surface area contributed by atoms with Crippen LogP contribution in [0.1, 0.15) is 34.5 Å². The molecule has 0 N–H and O–H groups in total. The van der Waals surface area contributed by atoms with Crippen LogP contribution in [0.4, 0.5) is 0 Å². The van der Waals surface area contributed by atoms with Crippen molar-refractivity contribution < 1.29 is 23.8 Å². The van der Waals surface area contributed by atoms with Crippen LogP contribution >= 0.6 is 0 Å². The van der Waals surface area contributed by atoms with Gasteiger partial charge in [-0.25, -0.2) is 9.59 Å². The van der Waals surface area contributed by atoms with Gasteiger partial charge in [-0.05, 0) is 43.7 Å². The Balaban J connectivity index is 2.22. The summed E-state index contributed by atoms with van der Waals surface area (Å²) >= 11 is 0. The lowest BCUT2D eigenvalue weighted by Gasteiger charge is -2.16. The molecule has 0 unspecified atom stereocenters. The van der Waals surface area contributed by atoms with Crippen LogP contribution in [-0.2, 0) is 14.3 Å². The first-order valence-electron chi connectivity index (χ1n) is 7.49. The van der Waals surface area contributed by atoms with Crippen LogP contribution in [0, 0.1) is 6.92 Å². The number of aryl methyl sites for hydroxylation is 1. The van der Waals surface area contributed by atoms with E-state index in [4.69, 9.17) is 14.2 Å². The van der Waals surface area contributed by atoms with Gasteiger partial charge in [0.1, 0.15) is 5.75 Å². The Bertz CT molecular complexity index is 715. The fourth-order valence-electron chi connectivity index (χ4n) is 2.16. The second-order valence-electron chi connectivity index (χ2n) is 5.01. The number of aromatic nitrogens is 1. The molecule has 126 valence electrons. The van der Waals surface area contributed by atoms with E-state index >= 15 is 0 Å². The smallest absolute Gasteiger partial charge is 0.352 e. The van der Waals surface area contributed by atoms with Crippen LogP contribution in [-0.4, -0.2) is 30.6 Å². The molecule has 6 heteroatoms. The SMILES string of the molecule is CCOc1ccc(C(=O)O[C@@H](C(=O)OC)c2cccnc2)cc1C. The van der Waals surface area contributed by atoms with E-state index in [1.807, 2.05) is 13.8 Å². The van der Waals surface area contributed by atoms with Gasteiger partial charge in [0.2, 0.25) is 6.10 Å². The Morgan fingerprint density at radius 3 is 2.62 bits per heavy atom. The van der Waals surface area contributed by atoms with Gasteiger partial charge in [0.15, 0.2) is 0 Å². The van der Waals surface area contributed by atoms with Gasteiger partial charge in [-0.2, -0.15) is 0 Å². The normalized spacial score (nSPS) is 11.5. The molecule has 24 heavy (non-hydrogen) atoms. The largest absolute Gasteiger partial charge is 0.494 e. The molecular formula is C18H19NO5. The molecular weight excluding hydrogens is 310 g/mol. The minimum Gasteiger partial charge on any atom is -0.494 e. The van der Waals surface area contributed by atoms with E-state index in [0.29, 0.717) is 23.5 Å². The molecule has 0 radical (unpaired) electrons. The van der Waals surface area contributed by atoms with E-state index in [0.717, 1.165) is 5.56 Å². The van der Waals surface area contributed by atoms with Crippen molar-refractivity contribution in [1.29, 1.82) is 0 Å². The van der Waals surface area contributed by atoms with Crippen LogP contribution < -0.4 is 4.74 Å². The number of rotatable bonds is 6. The highest BCUT2D eigenvalue weighted by atomic mass is 16.6. The third kappa shape index (κ3) is 4.10. The second kappa shape index (κ2) is 8.10. The maximum Gasteiger partial charge on any atom is 0.352 e. The number of hydrogen-bond acceptors (Lipinski definition) is 6. The van der Waals surface area contributed by atoms with Crippen molar-refractivity contribution in [3.8, 4) is 5.75 Å². The Labute approximate surface area is 140 Å². The highest BCUT2D eigenvalue weighted by molar-refractivity contribution is 5.92. The van der Waals surface area contributed by atoms with Crippen LogP contribution in [0.15, 0.2) is 42.7 Å². The van der Waals surface area contributed by atoms with Crippen molar-refractivity contribution >= 4 is 11.9 Å². The lowest BCUT2D eigenvalue weighted by atomic mass is 10.1. The Morgan fingerprint density at radius 2 is 2.04 bits per heavy atom. The molecule has 1 aromatic carbocycles. The Morgan fingerprint density at radius 1 is 1.25 bits per heavy atom. The van der Waals surface area contributed by atoms with E-state index in [1.165, 1.54) is 13.3 Å². The summed E-state index contributed by atoms with van der Waals surface area (Å²) < 4.78 is 15.5. The summed E-state index contributed by atoms with van der Waals surface area (Å²) in [6.45, 7) is 4.26. The summed E-state index contributed by atoms with van der Waals surface area (Å²) in [7, 11) is 1.24. The summed E-state index contributed by atoms with van der Waals surface area (Å²) in [5.74, 6) is -0.592. The van der Waals surface area contributed by atoms with Crippen molar-refractivity contribution in [2.75, 3.05) is 13.7 Å². The average molecular weight is 329 g/mol. The summed E-state index contributed by atoms with van der Waals surface area (Å²) in [6.07, 6.45) is 1.86. The number of nitrogens with zero attached hydrogens (tertiary/aromatic N) is 1. The molecule has 0 fully saturated rings. The van der Waals surface area contributed by atoms with Gasteiger partial charge in [0.05, 0.1) is 19.3 Å². The molecule has 6 nitrogen and oxygen atoms in total. The number of carbonyl (C=O) groups excluding carboxylic acids is 2. The quantitative estimate of drug-likeness (QED) is 0.759. The molecule has 1 heterocycles. The standard InChI is InChI=1S/C18H19NO5/c1-4-23-15-8-7-13(10-12(15)2)17(20)24-16(18(21)22-3)14-6-5-9-19-11-14/h5-11,16H,4H2,1-3H3/t16-/m1/s1. The van der Waals surface area contributed by atoms with Gasteiger partial charge in [0.25, 0.3) is 0 Å². The topological polar surface area (TPSA) is 74.7 Å². The van der Waals surface area contributed by atoms with E-state index in [-0.39, 0.29) is 0 Å². The van der Waals surface area contributed by atoms with Gasteiger partial charge in [-0.1, -0.05) is 6.07 Å². The maximum atomic E-state index is 12.4. The minimum atomic E-state index is -1.16. The second-order valence-corrected chi connectivity index (χ2v) is 5.01. The molecule has 0 spiro atoms. The van der Waals surface area contributed by atoms with Gasteiger partial charge >= 0.3 is 11.9 Å². The first-order chi connectivity index (χ1) is 11.6. The number of ether oxygens (including phenoxy) is 3. The predicted octanol–water partition coefficient (Wildman–Crippen LogP) is 2.86. The van der Waals surface area contributed by atoms with Crippen molar-refractivity contribution in [3.05, 3.63) is 59.4 Å². The highest BCUT2D eigenvalue weighted by Gasteiger charge is 2.27. The van der Waals surface area contributed by atoms with Crippen molar-refractivity contribution in [2.45, 2.75) is 20.0 Å². The van der Waals surface area contributed by atoms with E-state index in [1.54, 1.807) is 36.5 Å². The fourth-order valence-corrected chi connectivity index (χ4v) is 2.16. The predicted molar refractivity (Wildman–Crippen MR) is 86.8 cm³/mol. The lowest BCUT2D eigenvalue weighted by molar-refractivity contribution is -0.151. The first kappa shape index (κ1) is 17.5. The van der Waals surface area contributed by atoms with E-state index in [2.05, 4.69) is 4.98 Å². The zero-order valence-corrected chi connectivity index (χ0v) is 13.8. The molecule has 2 rings (SSSR count). The monoisotopic (exact) mass is 329 g/mol. The molecule has 0 saturated carbocycles. The molecule has 2 aromatic rings. The molecule has 0 saturated heterocycles. The van der Waals surface area contributed by atoms with Gasteiger partial charge < -0.3 is 14.2 Å². The molecule has 1 atom stereocenters. The molecule has 0 aliphatic rings. The Hall–Kier alpha value is -2.89. The number of pyridine rings is 1. The number of carbonyl (C=O) groups is 2. The zero-order valence-electron chi connectivity index (χ0n) is 13.8. The van der Waals surface area contributed by atoms with Crippen molar-refractivity contribution in [3.63, 3.8) is 0 Å². The Kier molecular flexibility index (Phi) is 5.89. The van der Waals surface area contributed by atoms with Gasteiger partial charge in [-0.15, -0.1) is 0 Å². The molecule has 1 aromatic heterocycles. The summed E-state index contributed by atoms with van der Waals surface area (Å²) in [5, 5.41) is 0. The van der Waals surface area contributed by atoms with E-state index in [9.17, 15) is 9.59 Å². The molecule has 0 aliphatic carbocycles. The maximum absolute atomic E-state index is 12.4. The average Bonchev–Trinajstić information content (AvgIpc) is 2.61. The number of methoxy groups -OCH3 is 1. The zero-order chi connectivity index (χ0) is 17.5. The summed E-state index contributed by atoms with van der Waals surface area (Å²) in [5.41, 5.74) is 1.58. The van der Waals surface area contributed by atoms with Crippen LogP contribution in [0.25, 0.3) is 0 Å². The van der Waals surface area contributed by atoms with Gasteiger partial charge in [0, 0.05) is 18.0 Å². The number of benzene rings is 1. The van der Waals surface area contributed by atoms with Crippen LogP contribution in [0.3, 0.4) is 0 Å². The first-order valence-corrected chi connectivity index (χ1v) is 7.49. The minimum absolute atomic E-state index is 0.328. The summed E-state index contributed by atoms with van der Waals surface area (Å²) in [6, 6.07) is 8.25. The summed E-state index contributed by atoms with van der Waals surface area (Å²) in [4.78, 5) is 28.3. The third-order valence-electron chi connectivity index (χ3n) is 3.34. The van der Waals surface area contributed by atoms with Crippen LogP contribution in [0.2, 0.25) is 0 Å². The van der Waals surface area contributed by atoms with Crippen molar-refractivity contribution in [2.24, 2.45) is 0 Å². The van der Waals surface area contributed by atoms with E-state index < -0.39 is 18.0 Å². The van der Waals surface area contributed by atoms with Crippen LogP contribution in [0.5, 0.6) is 5.75 Å².